The van der Waals surface area contributed by atoms with Crippen LogP contribution < -0.4 is 5.32 Å². The number of aliphatic hydroxyl groups is 1. The molecule has 0 heterocycles. The zero-order valence-corrected chi connectivity index (χ0v) is 9.25. The third-order valence-electron chi connectivity index (χ3n) is 1.09. The third-order valence-corrected chi connectivity index (χ3v) is 1.09. The number of carboxylic acids is 2. The van der Waals surface area contributed by atoms with Crippen LogP contribution in [0, 0.1) is 0 Å². The monoisotopic (exact) mass is 231 g/mol. The lowest BCUT2D eigenvalue weighted by Gasteiger charge is -2.01. The predicted molar refractivity (Wildman–Crippen MR) is 58.9 cm³/mol. The lowest BCUT2D eigenvalue weighted by atomic mass is 10.4. The standard InChI is InChI=1S/C6H8O2.C4H9NO3/c1-2-3-4-5-6(7)8;1-3(6)5-2-4(7)8/h2-5H,1H3,(H,7,8);3,5-6H,2H2,1H3,(H,7,8)/b3-2+,5-4+;. The number of aliphatic carboxylic acids is 2. The van der Waals surface area contributed by atoms with Gasteiger partial charge in [0, 0.05) is 6.08 Å². The van der Waals surface area contributed by atoms with Crippen molar-refractivity contribution in [2.45, 2.75) is 20.1 Å². The van der Waals surface area contributed by atoms with Crippen molar-refractivity contribution >= 4 is 11.9 Å². The highest BCUT2D eigenvalue weighted by Gasteiger charge is 1.96. The van der Waals surface area contributed by atoms with E-state index in [1.807, 2.05) is 6.92 Å². The average molecular weight is 231 g/mol. The van der Waals surface area contributed by atoms with Crippen molar-refractivity contribution in [1.29, 1.82) is 0 Å². The Kier molecular flexibility index (Phi) is 12.0. The van der Waals surface area contributed by atoms with Crippen LogP contribution >= 0.6 is 0 Å². The molecule has 0 aliphatic heterocycles. The molecular weight excluding hydrogens is 214 g/mol. The minimum absolute atomic E-state index is 0.197. The summed E-state index contributed by atoms with van der Waals surface area (Å²) in [5, 5.41) is 26.7. The zero-order chi connectivity index (χ0) is 13.0. The first-order valence-corrected chi connectivity index (χ1v) is 4.55. The van der Waals surface area contributed by atoms with Crippen LogP contribution in [0.5, 0.6) is 0 Å². The molecule has 0 saturated carbocycles. The van der Waals surface area contributed by atoms with Gasteiger partial charge in [0.2, 0.25) is 0 Å². The maximum Gasteiger partial charge on any atom is 0.328 e. The van der Waals surface area contributed by atoms with Gasteiger partial charge in [-0.3, -0.25) is 10.1 Å². The van der Waals surface area contributed by atoms with E-state index in [1.165, 1.54) is 13.0 Å². The van der Waals surface area contributed by atoms with Gasteiger partial charge in [-0.2, -0.15) is 0 Å². The summed E-state index contributed by atoms with van der Waals surface area (Å²) in [4.78, 5) is 19.5. The van der Waals surface area contributed by atoms with Gasteiger partial charge in [0.15, 0.2) is 0 Å². The molecule has 0 aromatic rings. The largest absolute Gasteiger partial charge is 0.480 e. The summed E-state index contributed by atoms with van der Waals surface area (Å²) >= 11 is 0. The Labute approximate surface area is 93.9 Å². The Morgan fingerprint density at radius 2 is 1.88 bits per heavy atom. The quantitative estimate of drug-likeness (QED) is 0.306. The predicted octanol–water partition coefficient (Wildman–Crippen LogP) is 0.202. The molecule has 0 aliphatic rings. The van der Waals surface area contributed by atoms with E-state index in [-0.39, 0.29) is 6.54 Å². The second-order valence-corrected chi connectivity index (χ2v) is 2.67. The molecule has 1 unspecified atom stereocenters. The summed E-state index contributed by atoms with van der Waals surface area (Å²) in [6, 6.07) is 0. The molecule has 16 heavy (non-hydrogen) atoms. The van der Waals surface area contributed by atoms with Gasteiger partial charge in [-0.05, 0) is 13.8 Å². The summed E-state index contributed by atoms with van der Waals surface area (Å²) in [6.07, 6.45) is 5.24. The molecular formula is C10H17NO5. The van der Waals surface area contributed by atoms with Gasteiger partial charge in [0.25, 0.3) is 0 Å². The Hall–Kier alpha value is -1.66. The van der Waals surface area contributed by atoms with Gasteiger partial charge >= 0.3 is 11.9 Å². The number of nitrogens with one attached hydrogen (secondary N) is 1. The first kappa shape index (κ1) is 16.8. The lowest BCUT2D eigenvalue weighted by Crippen LogP contribution is -2.30. The maximum atomic E-state index is 9.75. The van der Waals surface area contributed by atoms with Crippen LogP contribution in [0.25, 0.3) is 0 Å². The van der Waals surface area contributed by atoms with Crippen LogP contribution in [0.2, 0.25) is 0 Å². The average Bonchev–Trinajstić information content (AvgIpc) is 2.16. The highest BCUT2D eigenvalue weighted by atomic mass is 16.4. The van der Waals surface area contributed by atoms with Crippen LogP contribution in [0.15, 0.2) is 24.3 Å². The summed E-state index contributed by atoms with van der Waals surface area (Å²) in [7, 11) is 0. The molecule has 4 N–H and O–H groups in total. The number of carbonyl (C=O) groups is 2. The van der Waals surface area contributed by atoms with Gasteiger partial charge in [-0.15, -0.1) is 0 Å². The Morgan fingerprint density at radius 3 is 2.12 bits per heavy atom. The van der Waals surface area contributed by atoms with E-state index >= 15 is 0 Å². The number of carboxylic acid groups (broad SMARTS) is 2. The number of rotatable bonds is 5. The van der Waals surface area contributed by atoms with Crippen LogP contribution in [-0.4, -0.2) is 40.0 Å². The molecule has 0 aromatic carbocycles. The first-order valence-electron chi connectivity index (χ1n) is 4.55. The van der Waals surface area contributed by atoms with Crippen molar-refractivity contribution in [3.05, 3.63) is 24.3 Å². The first-order chi connectivity index (χ1) is 7.40. The summed E-state index contributed by atoms with van der Waals surface area (Å²) in [6.45, 7) is 3.09. The lowest BCUT2D eigenvalue weighted by molar-refractivity contribution is -0.136. The number of aliphatic hydroxyl groups excluding tert-OH is 1. The van der Waals surface area contributed by atoms with Gasteiger partial charge in [0.1, 0.15) is 6.23 Å². The van der Waals surface area contributed by atoms with E-state index in [0.29, 0.717) is 0 Å². The van der Waals surface area contributed by atoms with Crippen molar-refractivity contribution in [3.63, 3.8) is 0 Å². The second-order valence-electron chi connectivity index (χ2n) is 2.67. The fourth-order valence-electron chi connectivity index (χ4n) is 0.484. The smallest absolute Gasteiger partial charge is 0.328 e. The summed E-state index contributed by atoms with van der Waals surface area (Å²) in [5.41, 5.74) is 0. The van der Waals surface area contributed by atoms with Crippen molar-refractivity contribution in [2.75, 3.05) is 6.54 Å². The molecule has 1 atom stereocenters. The van der Waals surface area contributed by atoms with Crippen LogP contribution in [-0.2, 0) is 9.59 Å². The SMILES string of the molecule is C/C=C/C=C/C(=O)O.CC(O)NCC(=O)O. The third kappa shape index (κ3) is 22.8. The summed E-state index contributed by atoms with van der Waals surface area (Å²) in [5.74, 6) is -1.88. The van der Waals surface area contributed by atoms with E-state index in [4.69, 9.17) is 15.3 Å². The molecule has 6 heteroatoms. The van der Waals surface area contributed by atoms with E-state index in [9.17, 15) is 9.59 Å². The van der Waals surface area contributed by atoms with E-state index in [0.717, 1.165) is 6.08 Å². The Balaban J connectivity index is 0. The van der Waals surface area contributed by atoms with Gasteiger partial charge in [-0.1, -0.05) is 18.2 Å². The van der Waals surface area contributed by atoms with Crippen LogP contribution in [0.1, 0.15) is 13.8 Å². The second kappa shape index (κ2) is 11.4. The van der Waals surface area contributed by atoms with Crippen molar-refractivity contribution < 1.29 is 24.9 Å². The van der Waals surface area contributed by atoms with E-state index in [2.05, 4.69) is 5.32 Å². The van der Waals surface area contributed by atoms with Crippen molar-refractivity contribution in [2.24, 2.45) is 0 Å². The van der Waals surface area contributed by atoms with Gasteiger partial charge < -0.3 is 15.3 Å². The minimum Gasteiger partial charge on any atom is -0.480 e. The van der Waals surface area contributed by atoms with Gasteiger partial charge in [-0.25, -0.2) is 4.79 Å². The Morgan fingerprint density at radius 1 is 1.31 bits per heavy atom. The molecule has 0 aliphatic carbocycles. The normalized spacial score (nSPS) is 12.2. The Bertz CT molecular complexity index is 258. The number of hydrogen-bond donors (Lipinski definition) is 4. The molecule has 92 valence electrons. The fraction of sp³-hybridized carbons (Fsp3) is 0.400. The topological polar surface area (TPSA) is 107 Å². The molecule has 0 bridgehead atoms. The van der Waals surface area contributed by atoms with Crippen LogP contribution in [0.3, 0.4) is 0 Å². The van der Waals surface area contributed by atoms with Crippen molar-refractivity contribution in [1.82, 2.24) is 5.32 Å². The van der Waals surface area contributed by atoms with Crippen molar-refractivity contribution in [3.8, 4) is 0 Å². The fourth-order valence-corrected chi connectivity index (χ4v) is 0.484. The number of hydrogen-bond acceptors (Lipinski definition) is 4. The molecule has 0 amide bonds. The molecule has 0 saturated heterocycles. The highest BCUT2D eigenvalue weighted by Crippen LogP contribution is 1.74. The van der Waals surface area contributed by atoms with E-state index < -0.39 is 18.2 Å². The molecule has 0 aromatic heterocycles. The molecule has 0 radical (unpaired) electrons. The molecule has 6 nitrogen and oxygen atoms in total. The van der Waals surface area contributed by atoms with Crippen LogP contribution in [0.4, 0.5) is 0 Å². The highest BCUT2D eigenvalue weighted by molar-refractivity contribution is 5.80. The molecule has 0 fully saturated rings. The molecule has 0 spiro atoms. The van der Waals surface area contributed by atoms with Gasteiger partial charge in [0.05, 0.1) is 6.54 Å². The number of allylic oxidation sites excluding steroid dienone is 3. The molecule has 0 rings (SSSR count). The maximum absolute atomic E-state index is 9.75. The minimum atomic E-state index is -0.967. The zero-order valence-electron chi connectivity index (χ0n) is 9.25. The summed E-state index contributed by atoms with van der Waals surface area (Å²) < 4.78 is 0. The van der Waals surface area contributed by atoms with E-state index in [1.54, 1.807) is 12.2 Å².